The van der Waals surface area contributed by atoms with E-state index in [1.807, 2.05) is 18.2 Å². The summed E-state index contributed by atoms with van der Waals surface area (Å²) < 4.78 is 4.72. The van der Waals surface area contributed by atoms with Crippen molar-refractivity contribution in [3.63, 3.8) is 0 Å². The summed E-state index contributed by atoms with van der Waals surface area (Å²) in [5.74, 6) is -0.263. The minimum absolute atomic E-state index is 0.0230. The molecule has 1 unspecified atom stereocenters. The van der Waals surface area contributed by atoms with Crippen molar-refractivity contribution in [1.82, 2.24) is 5.32 Å². The van der Waals surface area contributed by atoms with Crippen molar-refractivity contribution < 1.29 is 9.53 Å². The summed E-state index contributed by atoms with van der Waals surface area (Å²) in [7, 11) is 1.40. The molecule has 0 bridgehead atoms. The normalized spacial score (nSPS) is 12.0. The number of hydrogen-bond acceptors (Lipinski definition) is 3. The maximum Gasteiger partial charge on any atom is 0.319 e. The van der Waals surface area contributed by atoms with Crippen LogP contribution >= 0.6 is 0 Å². The quantitative estimate of drug-likeness (QED) is 0.857. The molecule has 0 aliphatic carbocycles. The molecule has 0 saturated carbocycles. The Balaban J connectivity index is 2.35. The number of esters is 1. The van der Waals surface area contributed by atoms with Crippen LogP contribution < -0.4 is 5.32 Å². The number of carbonyl (C=O) groups is 1. The van der Waals surface area contributed by atoms with Crippen LogP contribution in [0.15, 0.2) is 48.5 Å². The maximum absolute atomic E-state index is 11.4. The Bertz CT molecular complexity index is 622. The van der Waals surface area contributed by atoms with E-state index in [2.05, 4.69) is 49.5 Å². The number of ether oxygens (including phenoxy) is 1. The monoisotopic (exact) mass is 283 g/mol. The molecule has 0 aromatic heterocycles. The van der Waals surface area contributed by atoms with E-state index in [1.165, 1.54) is 23.8 Å². The Morgan fingerprint density at radius 1 is 1.14 bits per heavy atom. The van der Waals surface area contributed by atoms with Gasteiger partial charge in [-0.3, -0.25) is 10.1 Å². The molecule has 0 heterocycles. The van der Waals surface area contributed by atoms with Gasteiger partial charge in [0.25, 0.3) is 0 Å². The van der Waals surface area contributed by atoms with Gasteiger partial charge in [0.2, 0.25) is 0 Å². The molecule has 21 heavy (non-hydrogen) atoms. The third kappa shape index (κ3) is 3.92. The molecule has 2 aromatic carbocycles. The molecule has 1 atom stereocenters. The number of benzene rings is 2. The third-order valence-electron chi connectivity index (χ3n) is 3.55. The molecule has 0 amide bonds. The van der Waals surface area contributed by atoms with E-state index in [1.54, 1.807) is 0 Å². The summed E-state index contributed by atoms with van der Waals surface area (Å²) in [6.45, 7) is 4.33. The van der Waals surface area contributed by atoms with Crippen LogP contribution in [0.25, 0.3) is 0 Å². The second-order valence-corrected chi connectivity index (χ2v) is 5.16. The van der Waals surface area contributed by atoms with Gasteiger partial charge in [-0.05, 0) is 30.5 Å². The van der Waals surface area contributed by atoms with Crippen LogP contribution in [0.4, 0.5) is 0 Å². The van der Waals surface area contributed by atoms with Gasteiger partial charge < -0.3 is 4.74 Å². The van der Waals surface area contributed by atoms with Gasteiger partial charge in [-0.15, -0.1) is 0 Å². The zero-order chi connectivity index (χ0) is 15.2. The fourth-order valence-corrected chi connectivity index (χ4v) is 2.43. The Morgan fingerprint density at radius 2 is 1.90 bits per heavy atom. The largest absolute Gasteiger partial charge is 0.468 e. The van der Waals surface area contributed by atoms with Gasteiger partial charge in [-0.1, -0.05) is 54.1 Å². The summed E-state index contributed by atoms with van der Waals surface area (Å²) >= 11 is 0. The summed E-state index contributed by atoms with van der Waals surface area (Å²) in [5, 5.41) is 3.30. The fourth-order valence-electron chi connectivity index (χ4n) is 2.43. The Hall–Kier alpha value is -2.13. The van der Waals surface area contributed by atoms with Crippen molar-refractivity contribution >= 4 is 5.97 Å². The van der Waals surface area contributed by atoms with E-state index >= 15 is 0 Å². The van der Waals surface area contributed by atoms with Crippen molar-refractivity contribution in [3.8, 4) is 0 Å². The fraction of sp³-hybridized carbons (Fsp3) is 0.278. The predicted molar refractivity (Wildman–Crippen MR) is 84.2 cm³/mol. The third-order valence-corrected chi connectivity index (χ3v) is 3.55. The molecule has 0 aliphatic heterocycles. The molecular formula is C18H21NO2. The average Bonchev–Trinajstić information content (AvgIpc) is 2.49. The van der Waals surface area contributed by atoms with Gasteiger partial charge in [0.15, 0.2) is 0 Å². The van der Waals surface area contributed by atoms with Gasteiger partial charge >= 0.3 is 5.97 Å². The van der Waals surface area contributed by atoms with Gasteiger partial charge in [-0.2, -0.15) is 0 Å². The maximum atomic E-state index is 11.4. The first kappa shape index (κ1) is 15.3. The minimum atomic E-state index is -0.263. The van der Waals surface area contributed by atoms with Gasteiger partial charge in [-0.25, -0.2) is 0 Å². The molecule has 3 nitrogen and oxygen atoms in total. The van der Waals surface area contributed by atoms with Crippen molar-refractivity contribution in [2.24, 2.45) is 0 Å². The second kappa shape index (κ2) is 7.04. The first-order valence-corrected chi connectivity index (χ1v) is 7.04. The highest BCUT2D eigenvalue weighted by molar-refractivity contribution is 5.71. The summed E-state index contributed by atoms with van der Waals surface area (Å²) in [5.41, 5.74) is 4.72. The molecular weight excluding hydrogens is 262 g/mol. The zero-order valence-corrected chi connectivity index (χ0v) is 12.7. The van der Waals surface area contributed by atoms with Crippen molar-refractivity contribution in [2.45, 2.75) is 19.9 Å². The van der Waals surface area contributed by atoms with Crippen LogP contribution in [0.3, 0.4) is 0 Å². The number of nitrogens with one attached hydrogen (secondary N) is 1. The van der Waals surface area contributed by atoms with Crippen LogP contribution in [0.5, 0.6) is 0 Å². The van der Waals surface area contributed by atoms with Gasteiger partial charge in [0.05, 0.1) is 19.7 Å². The standard InChI is InChI=1S/C18H21NO2/c1-13-7-6-9-15(11-13)18(19-12-17(20)21-3)16-10-5-4-8-14(16)2/h4-11,18-19H,12H2,1-3H3. The molecule has 2 aromatic rings. The average molecular weight is 283 g/mol. The molecule has 0 saturated heterocycles. The van der Waals surface area contributed by atoms with E-state index in [9.17, 15) is 4.79 Å². The highest BCUT2D eigenvalue weighted by atomic mass is 16.5. The Kier molecular flexibility index (Phi) is 5.12. The van der Waals surface area contributed by atoms with E-state index in [-0.39, 0.29) is 18.6 Å². The number of methoxy groups -OCH3 is 1. The predicted octanol–water partition coefficient (Wildman–Crippen LogP) is 3.16. The van der Waals surface area contributed by atoms with Crippen LogP contribution in [0.2, 0.25) is 0 Å². The Morgan fingerprint density at radius 3 is 2.57 bits per heavy atom. The SMILES string of the molecule is COC(=O)CNC(c1cccc(C)c1)c1ccccc1C. The number of hydrogen-bond donors (Lipinski definition) is 1. The molecule has 0 aliphatic rings. The number of aryl methyl sites for hydroxylation is 2. The van der Waals surface area contributed by atoms with Gasteiger partial charge in [0.1, 0.15) is 0 Å². The minimum Gasteiger partial charge on any atom is -0.468 e. The molecule has 0 spiro atoms. The lowest BCUT2D eigenvalue weighted by Crippen LogP contribution is -2.29. The lowest BCUT2D eigenvalue weighted by molar-refractivity contribution is -0.139. The van der Waals surface area contributed by atoms with E-state index < -0.39 is 0 Å². The summed E-state index contributed by atoms with van der Waals surface area (Å²) in [4.78, 5) is 11.4. The van der Waals surface area contributed by atoms with E-state index in [4.69, 9.17) is 4.74 Å². The molecule has 3 heteroatoms. The van der Waals surface area contributed by atoms with Crippen molar-refractivity contribution in [3.05, 3.63) is 70.8 Å². The number of rotatable bonds is 5. The topological polar surface area (TPSA) is 38.3 Å². The first-order chi connectivity index (χ1) is 10.1. The smallest absolute Gasteiger partial charge is 0.319 e. The van der Waals surface area contributed by atoms with Crippen molar-refractivity contribution in [2.75, 3.05) is 13.7 Å². The first-order valence-electron chi connectivity index (χ1n) is 7.04. The van der Waals surface area contributed by atoms with Crippen molar-refractivity contribution in [1.29, 1.82) is 0 Å². The molecule has 0 radical (unpaired) electrons. The highest BCUT2D eigenvalue weighted by Crippen LogP contribution is 2.25. The van der Waals surface area contributed by atoms with Gasteiger partial charge in [0, 0.05) is 0 Å². The van der Waals surface area contributed by atoms with Crippen LogP contribution in [0.1, 0.15) is 28.3 Å². The van der Waals surface area contributed by atoms with Crippen LogP contribution in [-0.2, 0) is 9.53 Å². The molecule has 0 fully saturated rings. The van der Waals surface area contributed by atoms with E-state index in [0.717, 1.165) is 5.56 Å². The van der Waals surface area contributed by atoms with E-state index in [0.29, 0.717) is 0 Å². The molecule has 2 rings (SSSR count). The summed E-state index contributed by atoms with van der Waals surface area (Å²) in [6.07, 6.45) is 0. The lowest BCUT2D eigenvalue weighted by Gasteiger charge is -2.21. The zero-order valence-electron chi connectivity index (χ0n) is 12.7. The number of carbonyl (C=O) groups excluding carboxylic acids is 1. The Labute approximate surface area is 126 Å². The second-order valence-electron chi connectivity index (χ2n) is 5.16. The van der Waals surface area contributed by atoms with Crippen LogP contribution in [-0.4, -0.2) is 19.6 Å². The highest BCUT2D eigenvalue weighted by Gasteiger charge is 2.17. The lowest BCUT2D eigenvalue weighted by atomic mass is 9.94. The molecule has 1 N–H and O–H groups in total. The molecule has 110 valence electrons. The summed E-state index contributed by atoms with van der Waals surface area (Å²) in [6, 6.07) is 16.5. The van der Waals surface area contributed by atoms with Crippen LogP contribution in [0, 0.1) is 13.8 Å².